The normalized spacial score (nSPS) is 13.4. The zero-order valence-corrected chi connectivity index (χ0v) is 15.3. The second kappa shape index (κ2) is 7.79. The third-order valence-corrected chi connectivity index (χ3v) is 5.44. The largest absolute Gasteiger partial charge is 0.349 e. The molecule has 8 heteroatoms. The molecule has 130 valence electrons. The van der Waals surface area contributed by atoms with Crippen LogP contribution < -0.4 is 5.32 Å². The van der Waals surface area contributed by atoms with E-state index in [0.29, 0.717) is 11.0 Å². The number of aromatic nitrogens is 3. The Morgan fingerprint density at radius 3 is 2.72 bits per heavy atom. The lowest BCUT2D eigenvalue weighted by Crippen LogP contribution is -2.33. The van der Waals surface area contributed by atoms with Crippen LogP contribution in [0, 0.1) is 5.82 Å². The van der Waals surface area contributed by atoms with Crippen molar-refractivity contribution in [2.24, 2.45) is 0 Å². The molecule has 25 heavy (non-hydrogen) atoms. The van der Waals surface area contributed by atoms with Crippen molar-refractivity contribution in [3.05, 3.63) is 53.2 Å². The highest BCUT2D eigenvalue weighted by Crippen LogP contribution is 2.25. The predicted octanol–water partition coefficient (Wildman–Crippen LogP) is 4.03. The van der Waals surface area contributed by atoms with E-state index in [9.17, 15) is 9.18 Å². The van der Waals surface area contributed by atoms with Gasteiger partial charge in [0.2, 0.25) is 11.1 Å². The minimum Gasteiger partial charge on any atom is -0.349 e. The number of carbonyl (C=O) groups is 1. The zero-order chi connectivity index (χ0) is 17.8. The monoisotopic (exact) mass is 376 g/mol. The summed E-state index contributed by atoms with van der Waals surface area (Å²) >= 11 is 2.86. The summed E-state index contributed by atoms with van der Waals surface area (Å²) in [6.45, 7) is 3.67. The Bertz CT molecular complexity index is 833. The fourth-order valence-corrected chi connectivity index (χ4v) is 3.60. The second-order valence-electron chi connectivity index (χ2n) is 5.49. The highest BCUT2D eigenvalue weighted by Gasteiger charge is 2.19. The van der Waals surface area contributed by atoms with Crippen LogP contribution in [-0.2, 0) is 4.79 Å². The highest BCUT2D eigenvalue weighted by molar-refractivity contribution is 8.00. The van der Waals surface area contributed by atoms with Crippen LogP contribution in [0.1, 0.15) is 25.5 Å². The average Bonchev–Trinajstić information content (AvgIpc) is 3.26. The average molecular weight is 376 g/mol. The summed E-state index contributed by atoms with van der Waals surface area (Å²) in [6.07, 6.45) is 0. The molecule has 3 aromatic rings. The van der Waals surface area contributed by atoms with Gasteiger partial charge in [-0.2, -0.15) is 0 Å². The van der Waals surface area contributed by atoms with E-state index in [4.69, 9.17) is 0 Å². The van der Waals surface area contributed by atoms with Crippen molar-refractivity contribution < 1.29 is 9.18 Å². The van der Waals surface area contributed by atoms with Gasteiger partial charge in [-0.1, -0.05) is 30.0 Å². The van der Waals surface area contributed by atoms with Crippen LogP contribution in [0.4, 0.5) is 4.39 Å². The number of amides is 1. The number of rotatable bonds is 6. The minimum absolute atomic E-state index is 0.121. The van der Waals surface area contributed by atoms with E-state index in [1.54, 1.807) is 30.4 Å². The van der Waals surface area contributed by atoms with Crippen molar-refractivity contribution in [3.8, 4) is 10.7 Å². The van der Waals surface area contributed by atoms with Crippen LogP contribution in [0.3, 0.4) is 0 Å². The van der Waals surface area contributed by atoms with Crippen molar-refractivity contribution in [1.82, 2.24) is 20.5 Å². The van der Waals surface area contributed by atoms with E-state index in [2.05, 4.69) is 20.5 Å². The molecule has 2 atom stereocenters. The molecule has 2 aromatic heterocycles. The van der Waals surface area contributed by atoms with Gasteiger partial charge in [-0.05, 0) is 43.0 Å². The third kappa shape index (κ3) is 4.46. The third-order valence-electron chi connectivity index (χ3n) is 3.60. The molecule has 0 unspecified atom stereocenters. The summed E-state index contributed by atoms with van der Waals surface area (Å²) < 4.78 is 13.0. The lowest BCUT2D eigenvalue weighted by atomic mass is 10.1. The molecule has 0 aliphatic rings. The van der Waals surface area contributed by atoms with Crippen LogP contribution in [0.25, 0.3) is 10.7 Å². The Kier molecular flexibility index (Phi) is 5.50. The first-order valence-corrected chi connectivity index (χ1v) is 9.47. The summed E-state index contributed by atoms with van der Waals surface area (Å²) in [5.41, 5.74) is 0.852. The zero-order valence-electron chi connectivity index (χ0n) is 13.7. The molecule has 0 fully saturated rings. The smallest absolute Gasteiger partial charge is 0.233 e. The van der Waals surface area contributed by atoms with Crippen molar-refractivity contribution in [1.29, 1.82) is 0 Å². The van der Waals surface area contributed by atoms with Crippen LogP contribution in [0.5, 0.6) is 0 Å². The predicted molar refractivity (Wildman–Crippen MR) is 98.0 cm³/mol. The molecule has 2 heterocycles. The van der Waals surface area contributed by atoms with Crippen LogP contribution in [0.15, 0.2) is 46.9 Å². The number of thiophene rings is 1. The summed E-state index contributed by atoms with van der Waals surface area (Å²) in [4.78, 5) is 17.8. The number of thioether (sulfide) groups is 1. The molecule has 5 nitrogen and oxygen atoms in total. The van der Waals surface area contributed by atoms with E-state index in [1.165, 1.54) is 23.9 Å². The van der Waals surface area contributed by atoms with Gasteiger partial charge in [0.1, 0.15) is 5.82 Å². The molecule has 0 aliphatic carbocycles. The SMILES string of the molecule is C[C@@H](Sc1n[nH]c(-c2cccs2)n1)C(=O)N[C@H](C)c1ccc(F)cc1. The number of nitrogens with zero attached hydrogens (tertiary/aromatic N) is 2. The Morgan fingerprint density at radius 1 is 1.28 bits per heavy atom. The number of aromatic amines is 1. The van der Waals surface area contributed by atoms with E-state index in [-0.39, 0.29) is 23.0 Å². The molecule has 0 radical (unpaired) electrons. The fourth-order valence-electron chi connectivity index (χ4n) is 2.20. The van der Waals surface area contributed by atoms with Gasteiger partial charge in [0.25, 0.3) is 0 Å². The van der Waals surface area contributed by atoms with Crippen molar-refractivity contribution in [2.75, 3.05) is 0 Å². The Hall–Kier alpha value is -2.19. The number of H-pyrrole nitrogens is 1. The summed E-state index contributed by atoms with van der Waals surface area (Å²) in [5, 5.41) is 12.1. The van der Waals surface area contributed by atoms with Crippen molar-refractivity contribution in [2.45, 2.75) is 30.3 Å². The van der Waals surface area contributed by atoms with Gasteiger partial charge in [0.05, 0.1) is 16.2 Å². The number of hydrogen-bond donors (Lipinski definition) is 2. The van der Waals surface area contributed by atoms with Gasteiger partial charge in [-0.3, -0.25) is 9.89 Å². The van der Waals surface area contributed by atoms with Crippen LogP contribution in [-0.4, -0.2) is 26.3 Å². The Labute approximate surface area is 153 Å². The first kappa shape index (κ1) is 17.6. The fraction of sp³-hybridized carbons (Fsp3) is 0.235. The lowest BCUT2D eigenvalue weighted by Gasteiger charge is -2.17. The van der Waals surface area contributed by atoms with Crippen molar-refractivity contribution >= 4 is 29.0 Å². The molecule has 1 aromatic carbocycles. The van der Waals surface area contributed by atoms with E-state index >= 15 is 0 Å². The molecule has 2 N–H and O–H groups in total. The van der Waals surface area contributed by atoms with E-state index in [1.807, 2.05) is 24.4 Å². The standard InChI is InChI=1S/C17H17FN4OS2/c1-10(12-5-7-13(18)8-6-12)19-16(23)11(2)25-17-20-15(21-22-17)14-4-3-9-24-14/h3-11H,1-2H3,(H,19,23)(H,20,21,22)/t10-,11-/m1/s1. The Morgan fingerprint density at radius 2 is 2.04 bits per heavy atom. The van der Waals surface area contributed by atoms with E-state index < -0.39 is 0 Å². The molecule has 0 saturated carbocycles. The minimum atomic E-state index is -0.352. The van der Waals surface area contributed by atoms with Crippen LogP contribution in [0.2, 0.25) is 0 Å². The van der Waals surface area contributed by atoms with Gasteiger partial charge in [0.15, 0.2) is 5.82 Å². The maximum atomic E-state index is 13.0. The second-order valence-corrected chi connectivity index (χ2v) is 7.74. The molecule has 3 rings (SSSR count). The lowest BCUT2D eigenvalue weighted by molar-refractivity contribution is -0.120. The summed E-state index contributed by atoms with van der Waals surface area (Å²) in [6, 6.07) is 9.81. The number of carbonyl (C=O) groups excluding carboxylic acids is 1. The number of nitrogens with one attached hydrogen (secondary N) is 2. The van der Waals surface area contributed by atoms with Crippen molar-refractivity contribution in [3.63, 3.8) is 0 Å². The summed E-state index contributed by atoms with van der Waals surface area (Å²) in [7, 11) is 0. The van der Waals surface area contributed by atoms with E-state index in [0.717, 1.165) is 10.4 Å². The summed E-state index contributed by atoms with van der Waals surface area (Å²) in [5.74, 6) is 0.284. The molecule has 0 spiro atoms. The maximum absolute atomic E-state index is 13.0. The molecule has 0 aliphatic heterocycles. The molecular formula is C17H17FN4OS2. The highest BCUT2D eigenvalue weighted by atomic mass is 32.2. The topological polar surface area (TPSA) is 70.7 Å². The van der Waals surface area contributed by atoms with Gasteiger partial charge >= 0.3 is 0 Å². The quantitative estimate of drug-likeness (QED) is 0.637. The van der Waals surface area contributed by atoms with Crippen LogP contribution >= 0.6 is 23.1 Å². The van der Waals surface area contributed by atoms with Gasteiger partial charge in [-0.25, -0.2) is 9.37 Å². The Balaban J connectivity index is 1.58. The molecule has 0 bridgehead atoms. The first-order chi connectivity index (χ1) is 12.0. The molecular weight excluding hydrogens is 359 g/mol. The number of benzene rings is 1. The molecule has 0 saturated heterocycles. The molecule has 1 amide bonds. The maximum Gasteiger partial charge on any atom is 0.233 e. The van der Waals surface area contributed by atoms with Gasteiger partial charge in [-0.15, -0.1) is 16.4 Å². The first-order valence-electron chi connectivity index (χ1n) is 7.71. The number of halogens is 1. The van der Waals surface area contributed by atoms with Gasteiger partial charge in [0, 0.05) is 0 Å². The number of hydrogen-bond acceptors (Lipinski definition) is 5. The van der Waals surface area contributed by atoms with Gasteiger partial charge < -0.3 is 5.32 Å².